The molecule has 46 heavy (non-hydrogen) atoms. The number of carbonyl (C=O) groups is 2. The normalized spacial score (nSPS) is 16.3. The molecule has 9 nitrogen and oxygen atoms in total. The smallest absolute Gasteiger partial charge is 0.248 e. The van der Waals surface area contributed by atoms with Crippen molar-refractivity contribution in [1.29, 1.82) is 0 Å². The van der Waals surface area contributed by atoms with Crippen LogP contribution in [0.4, 0.5) is 20.2 Å². The maximum atomic E-state index is 15.2. The van der Waals surface area contributed by atoms with Crippen molar-refractivity contribution in [1.82, 2.24) is 19.3 Å². The van der Waals surface area contributed by atoms with Gasteiger partial charge in [-0.2, -0.15) is 0 Å². The molecule has 3 aromatic heterocycles. The molecule has 11 heteroatoms. The van der Waals surface area contributed by atoms with E-state index in [1.54, 1.807) is 12.3 Å². The van der Waals surface area contributed by atoms with Gasteiger partial charge in [0.15, 0.2) is 0 Å². The summed E-state index contributed by atoms with van der Waals surface area (Å²) in [6.07, 6.45) is 7.96. The summed E-state index contributed by atoms with van der Waals surface area (Å²) in [6, 6.07) is 10.0. The average Bonchev–Trinajstić information content (AvgIpc) is 3.78. The van der Waals surface area contributed by atoms with E-state index in [0.717, 1.165) is 63.0 Å². The van der Waals surface area contributed by atoms with Gasteiger partial charge in [-0.25, -0.2) is 13.8 Å². The van der Waals surface area contributed by atoms with Gasteiger partial charge in [-0.3, -0.25) is 9.59 Å². The molecule has 0 aliphatic carbocycles. The van der Waals surface area contributed by atoms with Crippen LogP contribution in [0.2, 0.25) is 0 Å². The number of hydrogen-bond acceptors (Lipinski definition) is 6. The summed E-state index contributed by atoms with van der Waals surface area (Å²) in [6.45, 7) is 4.49. The molecule has 7 rings (SSSR count). The number of imidazole rings is 1. The number of anilines is 2. The molecule has 236 valence electrons. The van der Waals surface area contributed by atoms with Crippen molar-refractivity contribution >= 4 is 39.6 Å². The molecule has 2 aliphatic rings. The van der Waals surface area contributed by atoms with Crippen LogP contribution in [0.25, 0.3) is 27.7 Å². The number of fused-ring (bicyclic) bond motifs is 4. The number of rotatable bonds is 7. The quantitative estimate of drug-likeness (QED) is 0.192. The van der Waals surface area contributed by atoms with Crippen LogP contribution in [-0.4, -0.2) is 65.0 Å². The van der Waals surface area contributed by atoms with E-state index in [-0.39, 0.29) is 11.6 Å². The van der Waals surface area contributed by atoms with E-state index < -0.39 is 29.0 Å². The Morgan fingerprint density at radius 3 is 2.72 bits per heavy atom. The zero-order chi connectivity index (χ0) is 32.1. The monoisotopic (exact) mass is 624 g/mol. The average molecular weight is 625 g/mol. The lowest BCUT2D eigenvalue weighted by atomic mass is 9.93. The summed E-state index contributed by atoms with van der Waals surface area (Å²) in [5.74, 6) is -3.26. The third-order valence-electron chi connectivity index (χ3n) is 8.94. The molecule has 1 atom stereocenters. The molecule has 5 aromatic rings. The van der Waals surface area contributed by atoms with E-state index in [1.807, 2.05) is 47.6 Å². The van der Waals surface area contributed by atoms with Crippen molar-refractivity contribution in [3.63, 3.8) is 0 Å². The van der Waals surface area contributed by atoms with E-state index in [9.17, 15) is 9.59 Å². The molecule has 0 unspecified atom stereocenters. The van der Waals surface area contributed by atoms with Crippen molar-refractivity contribution < 1.29 is 23.1 Å². The Morgan fingerprint density at radius 2 is 1.96 bits per heavy atom. The number of pyridine rings is 1. The Labute approximate surface area is 264 Å². The number of amides is 1. The highest BCUT2D eigenvalue weighted by Crippen LogP contribution is 2.43. The van der Waals surface area contributed by atoms with Crippen LogP contribution >= 0.6 is 0 Å². The fraction of sp³-hybridized carbons (Fsp3) is 0.286. The highest BCUT2D eigenvalue weighted by molar-refractivity contribution is 6.11. The fourth-order valence-electron chi connectivity index (χ4n) is 6.63. The van der Waals surface area contributed by atoms with Crippen molar-refractivity contribution in [3.05, 3.63) is 95.1 Å². The third-order valence-corrected chi connectivity index (χ3v) is 8.94. The molecule has 2 aromatic carbocycles. The van der Waals surface area contributed by atoms with Gasteiger partial charge in [0.25, 0.3) is 0 Å². The molecular weight excluding hydrogens is 590 g/mol. The largest absolute Gasteiger partial charge is 0.380 e. The number of aryl methyl sites for hydroxylation is 2. The van der Waals surface area contributed by atoms with Crippen LogP contribution < -0.4 is 15.5 Å². The number of ketones is 1. The second kappa shape index (κ2) is 11.8. The van der Waals surface area contributed by atoms with E-state index in [2.05, 4.69) is 28.5 Å². The number of carbonyl (C=O) groups excluding carboxylic acids is 2. The van der Waals surface area contributed by atoms with Gasteiger partial charge in [-0.1, -0.05) is 12.1 Å². The summed E-state index contributed by atoms with van der Waals surface area (Å²) in [5, 5.41) is 5.49. The zero-order valence-corrected chi connectivity index (χ0v) is 25.9. The van der Waals surface area contributed by atoms with Crippen molar-refractivity contribution in [3.8, 4) is 11.1 Å². The molecule has 1 amide bonds. The Hall–Kier alpha value is -4.87. The second-order valence-corrected chi connectivity index (χ2v) is 12.0. The lowest BCUT2D eigenvalue weighted by Crippen LogP contribution is -2.29. The minimum atomic E-state index is -1.03. The van der Waals surface area contributed by atoms with Crippen LogP contribution in [-0.2, 0) is 23.0 Å². The van der Waals surface area contributed by atoms with Crippen molar-refractivity contribution in [2.45, 2.75) is 25.8 Å². The summed E-state index contributed by atoms with van der Waals surface area (Å²) in [7, 11) is 4.02. The number of ether oxygens (including phenoxy) is 1. The van der Waals surface area contributed by atoms with Gasteiger partial charge in [0.1, 0.15) is 22.8 Å². The van der Waals surface area contributed by atoms with Crippen LogP contribution in [0, 0.1) is 18.6 Å². The summed E-state index contributed by atoms with van der Waals surface area (Å²) < 4.78 is 39.5. The Morgan fingerprint density at radius 1 is 1.15 bits per heavy atom. The first kappa shape index (κ1) is 29.8. The van der Waals surface area contributed by atoms with E-state index in [1.165, 1.54) is 6.08 Å². The van der Waals surface area contributed by atoms with Crippen molar-refractivity contribution in [2.75, 3.05) is 43.6 Å². The number of likely N-dealkylation sites (N-methyl/N-ethyl adjacent to an activating group) is 1. The van der Waals surface area contributed by atoms with Crippen LogP contribution in [0.1, 0.15) is 33.6 Å². The highest BCUT2D eigenvalue weighted by atomic mass is 19.1. The fourth-order valence-corrected chi connectivity index (χ4v) is 6.63. The van der Waals surface area contributed by atoms with Gasteiger partial charge >= 0.3 is 0 Å². The van der Waals surface area contributed by atoms with Gasteiger partial charge in [-0.05, 0) is 61.2 Å². The minimum absolute atomic E-state index is 0.151. The number of hydrogen-bond donors (Lipinski definition) is 2. The standard InChI is InChI=1S/C35H34F2N6O3/c1-20-14-27-32(39-19-42(27)3)34-30(20)24-6-5-11-43-28(17-21(33(24)43)8-12-41(34)2)35(45)22-15-25(36)31(26(37)16-22)40-29(44)7-4-10-38-23-9-13-46-18-23/h4-7,11,14-17,19,23,38H,8-10,12-13,18H2,1-3H3,(H,40,44)/b7-4+/t23-/m0/s1. The van der Waals surface area contributed by atoms with Crippen LogP contribution in [0.5, 0.6) is 0 Å². The van der Waals surface area contributed by atoms with Gasteiger partial charge < -0.3 is 29.2 Å². The summed E-state index contributed by atoms with van der Waals surface area (Å²) in [4.78, 5) is 33.2. The Bertz CT molecular complexity index is 2030. The number of nitrogens with zero attached hydrogens (tertiary/aromatic N) is 4. The first-order valence-corrected chi connectivity index (χ1v) is 15.3. The first-order valence-electron chi connectivity index (χ1n) is 15.3. The number of benzene rings is 2. The molecule has 1 saturated heterocycles. The maximum Gasteiger partial charge on any atom is 0.248 e. The van der Waals surface area contributed by atoms with Gasteiger partial charge in [0.2, 0.25) is 11.7 Å². The predicted molar refractivity (Wildman–Crippen MR) is 174 cm³/mol. The van der Waals surface area contributed by atoms with Crippen LogP contribution in [0.15, 0.2) is 61.1 Å². The Kier molecular flexibility index (Phi) is 7.66. The predicted octanol–water partition coefficient (Wildman–Crippen LogP) is 5.18. The van der Waals surface area contributed by atoms with Crippen LogP contribution in [0.3, 0.4) is 0 Å². The lowest BCUT2D eigenvalue weighted by molar-refractivity contribution is -0.112. The van der Waals surface area contributed by atoms with Gasteiger partial charge in [0.05, 0.1) is 35.3 Å². The molecular formula is C35H34F2N6O3. The minimum Gasteiger partial charge on any atom is -0.380 e. The van der Waals surface area contributed by atoms with Gasteiger partial charge in [-0.15, -0.1) is 0 Å². The van der Waals surface area contributed by atoms with E-state index >= 15 is 8.78 Å². The summed E-state index contributed by atoms with van der Waals surface area (Å²) >= 11 is 0. The lowest BCUT2D eigenvalue weighted by Gasteiger charge is -2.27. The SMILES string of the molecule is Cc1cc2c(ncn2C)c2c1-c1cccn3c(C(=O)c4cc(F)c(NC(=O)/C=C/CN[C@H]5CCOC5)c(F)c4)cc(c13)CCN2C. The van der Waals surface area contributed by atoms with E-state index in [4.69, 9.17) is 9.72 Å². The molecule has 0 bridgehead atoms. The molecule has 2 N–H and O–H groups in total. The van der Waals surface area contributed by atoms with E-state index in [0.29, 0.717) is 38.4 Å². The van der Waals surface area contributed by atoms with Gasteiger partial charge in [0, 0.05) is 68.8 Å². The third kappa shape index (κ3) is 5.15. The molecule has 1 fully saturated rings. The summed E-state index contributed by atoms with van der Waals surface area (Å²) in [5.41, 5.74) is 7.42. The zero-order valence-electron chi connectivity index (χ0n) is 25.9. The molecule has 5 heterocycles. The van der Waals surface area contributed by atoms with Crippen molar-refractivity contribution in [2.24, 2.45) is 7.05 Å². The molecule has 0 spiro atoms. The Balaban J connectivity index is 1.21. The first-order chi connectivity index (χ1) is 22.2. The number of nitrogens with one attached hydrogen (secondary N) is 2. The molecule has 0 radical (unpaired) electrons. The molecule has 0 saturated carbocycles. The highest BCUT2D eigenvalue weighted by Gasteiger charge is 2.27. The second-order valence-electron chi connectivity index (χ2n) is 12.0. The number of aromatic nitrogens is 3. The number of halogens is 2. The topological polar surface area (TPSA) is 92.9 Å². The maximum absolute atomic E-state index is 15.2. The molecule has 2 aliphatic heterocycles.